The highest BCUT2D eigenvalue weighted by Gasteiger charge is 2.27. The second kappa shape index (κ2) is 5.99. The average molecular weight is 226 g/mol. The fourth-order valence-electron chi connectivity index (χ4n) is 2.82. The molecule has 0 radical (unpaired) electrons. The summed E-state index contributed by atoms with van der Waals surface area (Å²) in [6, 6.07) is 0. The van der Waals surface area contributed by atoms with Crippen molar-refractivity contribution in [1.29, 1.82) is 0 Å². The molecule has 0 amide bonds. The molecule has 16 heavy (non-hydrogen) atoms. The van der Waals surface area contributed by atoms with Crippen molar-refractivity contribution in [2.24, 2.45) is 5.92 Å². The molecule has 3 heteroatoms. The Bertz CT molecular complexity index is 202. The number of nitrogens with one attached hydrogen (secondary N) is 1. The fourth-order valence-corrected chi connectivity index (χ4v) is 2.82. The third kappa shape index (κ3) is 3.44. The first-order valence-corrected chi connectivity index (χ1v) is 6.80. The molecule has 0 aliphatic carbocycles. The van der Waals surface area contributed by atoms with Gasteiger partial charge in [0.25, 0.3) is 0 Å². The standard InChI is InChI=1S/C13H26N2O/c1-11-5-7-15(8-6-11)10-13-4-3-12(16-13)9-14-2/h11-14H,3-10H2,1-2H3. The monoisotopic (exact) mass is 226 g/mol. The van der Waals surface area contributed by atoms with Gasteiger partial charge in [-0.05, 0) is 51.7 Å². The van der Waals surface area contributed by atoms with E-state index in [-0.39, 0.29) is 0 Å². The number of piperidine rings is 1. The Labute approximate surface area is 99.5 Å². The zero-order valence-electron chi connectivity index (χ0n) is 10.7. The molecular formula is C13H26N2O. The van der Waals surface area contributed by atoms with E-state index in [1.165, 1.54) is 38.8 Å². The van der Waals surface area contributed by atoms with Crippen LogP contribution < -0.4 is 5.32 Å². The molecule has 0 aromatic rings. The van der Waals surface area contributed by atoms with Crippen molar-refractivity contribution in [3.8, 4) is 0 Å². The highest BCUT2D eigenvalue weighted by Crippen LogP contribution is 2.22. The van der Waals surface area contributed by atoms with Gasteiger partial charge in [0, 0.05) is 13.1 Å². The lowest BCUT2D eigenvalue weighted by Gasteiger charge is -2.31. The molecule has 0 spiro atoms. The Morgan fingerprint density at radius 1 is 1.12 bits per heavy atom. The van der Waals surface area contributed by atoms with Crippen LogP contribution >= 0.6 is 0 Å². The van der Waals surface area contributed by atoms with Crippen molar-refractivity contribution in [2.75, 3.05) is 33.2 Å². The van der Waals surface area contributed by atoms with Crippen LogP contribution in [0.5, 0.6) is 0 Å². The van der Waals surface area contributed by atoms with Gasteiger partial charge in [0.05, 0.1) is 12.2 Å². The topological polar surface area (TPSA) is 24.5 Å². The van der Waals surface area contributed by atoms with Gasteiger partial charge in [-0.2, -0.15) is 0 Å². The van der Waals surface area contributed by atoms with E-state index in [1.54, 1.807) is 0 Å². The van der Waals surface area contributed by atoms with Gasteiger partial charge in [-0.25, -0.2) is 0 Å². The van der Waals surface area contributed by atoms with E-state index < -0.39 is 0 Å². The summed E-state index contributed by atoms with van der Waals surface area (Å²) in [4.78, 5) is 2.59. The summed E-state index contributed by atoms with van der Waals surface area (Å²) in [5, 5.41) is 3.20. The molecule has 2 fully saturated rings. The molecule has 2 rings (SSSR count). The summed E-state index contributed by atoms with van der Waals surface area (Å²) in [6.45, 7) is 7.09. The lowest BCUT2D eigenvalue weighted by Crippen LogP contribution is -2.38. The van der Waals surface area contributed by atoms with Crippen LogP contribution in [0.2, 0.25) is 0 Å². The summed E-state index contributed by atoms with van der Waals surface area (Å²) in [5.74, 6) is 0.929. The SMILES string of the molecule is CNCC1CCC(CN2CCC(C)CC2)O1. The molecule has 0 saturated carbocycles. The van der Waals surface area contributed by atoms with Gasteiger partial charge in [-0.15, -0.1) is 0 Å². The first kappa shape index (κ1) is 12.3. The van der Waals surface area contributed by atoms with E-state index in [2.05, 4.69) is 17.1 Å². The summed E-state index contributed by atoms with van der Waals surface area (Å²) in [6.07, 6.45) is 6.17. The van der Waals surface area contributed by atoms with E-state index in [1.807, 2.05) is 7.05 Å². The molecule has 94 valence electrons. The van der Waals surface area contributed by atoms with Gasteiger partial charge in [0.1, 0.15) is 0 Å². The molecule has 0 aromatic heterocycles. The summed E-state index contributed by atoms with van der Waals surface area (Å²) >= 11 is 0. The smallest absolute Gasteiger partial charge is 0.0707 e. The minimum absolute atomic E-state index is 0.457. The Morgan fingerprint density at radius 3 is 2.50 bits per heavy atom. The van der Waals surface area contributed by atoms with Crippen LogP contribution in [-0.4, -0.2) is 50.3 Å². The van der Waals surface area contributed by atoms with Crippen LogP contribution in [-0.2, 0) is 4.74 Å². The van der Waals surface area contributed by atoms with Crippen molar-refractivity contribution in [3.05, 3.63) is 0 Å². The highest BCUT2D eigenvalue weighted by atomic mass is 16.5. The number of hydrogen-bond donors (Lipinski definition) is 1. The van der Waals surface area contributed by atoms with Crippen LogP contribution in [0.25, 0.3) is 0 Å². The second-order valence-corrected chi connectivity index (χ2v) is 5.50. The van der Waals surface area contributed by atoms with Gasteiger partial charge in [0.15, 0.2) is 0 Å². The molecule has 1 N–H and O–H groups in total. The average Bonchev–Trinajstić information content (AvgIpc) is 2.70. The van der Waals surface area contributed by atoms with Gasteiger partial charge in [0.2, 0.25) is 0 Å². The maximum Gasteiger partial charge on any atom is 0.0707 e. The summed E-state index contributed by atoms with van der Waals surface area (Å²) in [7, 11) is 2.00. The van der Waals surface area contributed by atoms with Crippen LogP contribution in [0.4, 0.5) is 0 Å². The first-order valence-electron chi connectivity index (χ1n) is 6.80. The number of rotatable bonds is 4. The minimum Gasteiger partial charge on any atom is -0.372 e. The van der Waals surface area contributed by atoms with Crippen molar-refractivity contribution >= 4 is 0 Å². The maximum absolute atomic E-state index is 6.03. The van der Waals surface area contributed by atoms with E-state index in [0.717, 1.165) is 19.0 Å². The number of hydrogen-bond acceptors (Lipinski definition) is 3. The number of likely N-dealkylation sites (tertiary alicyclic amines) is 1. The number of ether oxygens (including phenoxy) is 1. The molecule has 2 aliphatic rings. The van der Waals surface area contributed by atoms with Gasteiger partial charge >= 0.3 is 0 Å². The van der Waals surface area contributed by atoms with Crippen LogP contribution in [0.15, 0.2) is 0 Å². The predicted molar refractivity (Wildman–Crippen MR) is 66.7 cm³/mol. The van der Waals surface area contributed by atoms with Crippen molar-refractivity contribution in [1.82, 2.24) is 10.2 Å². The lowest BCUT2D eigenvalue weighted by atomic mass is 9.99. The predicted octanol–water partition coefficient (Wildman–Crippen LogP) is 1.49. The molecule has 3 nitrogen and oxygen atoms in total. The molecule has 0 aromatic carbocycles. The normalized spacial score (nSPS) is 33.4. The number of likely N-dealkylation sites (N-methyl/N-ethyl adjacent to an activating group) is 1. The van der Waals surface area contributed by atoms with Crippen LogP contribution in [0, 0.1) is 5.92 Å². The van der Waals surface area contributed by atoms with Gasteiger partial charge in [-0.3, -0.25) is 0 Å². The van der Waals surface area contributed by atoms with Gasteiger partial charge in [-0.1, -0.05) is 6.92 Å². The van der Waals surface area contributed by atoms with Crippen LogP contribution in [0.1, 0.15) is 32.6 Å². The second-order valence-electron chi connectivity index (χ2n) is 5.50. The van der Waals surface area contributed by atoms with Crippen molar-refractivity contribution in [3.63, 3.8) is 0 Å². The molecule has 2 heterocycles. The van der Waals surface area contributed by atoms with Crippen molar-refractivity contribution < 1.29 is 4.74 Å². The zero-order valence-corrected chi connectivity index (χ0v) is 10.7. The van der Waals surface area contributed by atoms with Crippen molar-refractivity contribution in [2.45, 2.75) is 44.8 Å². The molecule has 0 bridgehead atoms. The Kier molecular flexibility index (Phi) is 4.62. The van der Waals surface area contributed by atoms with Crippen LogP contribution in [0.3, 0.4) is 0 Å². The molecule has 2 aliphatic heterocycles. The minimum atomic E-state index is 0.457. The van der Waals surface area contributed by atoms with E-state index in [0.29, 0.717) is 12.2 Å². The molecule has 2 saturated heterocycles. The van der Waals surface area contributed by atoms with E-state index >= 15 is 0 Å². The lowest BCUT2D eigenvalue weighted by molar-refractivity contribution is 0.0180. The Morgan fingerprint density at radius 2 is 1.81 bits per heavy atom. The van der Waals surface area contributed by atoms with E-state index in [9.17, 15) is 0 Å². The first-order chi connectivity index (χ1) is 7.78. The fraction of sp³-hybridized carbons (Fsp3) is 1.00. The third-order valence-electron chi connectivity index (χ3n) is 3.97. The maximum atomic E-state index is 6.03. The summed E-state index contributed by atoms with van der Waals surface area (Å²) < 4.78 is 6.03. The Hall–Kier alpha value is -0.120. The Balaban J connectivity index is 1.67. The third-order valence-corrected chi connectivity index (χ3v) is 3.97. The molecule has 2 unspecified atom stereocenters. The summed E-state index contributed by atoms with van der Waals surface area (Å²) in [5.41, 5.74) is 0. The molecular weight excluding hydrogens is 200 g/mol. The highest BCUT2D eigenvalue weighted by molar-refractivity contribution is 4.79. The number of nitrogens with zero attached hydrogens (tertiary/aromatic N) is 1. The quantitative estimate of drug-likeness (QED) is 0.786. The van der Waals surface area contributed by atoms with Gasteiger partial charge < -0.3 is 15.0 Å². The van der Waals surface area contributed by atoms with E-state index in [4.69, 9.17) is 4.74 Å². The largest absolute Gasteiger partial charge is 0.372 e. The molecule has 2 atom stereocenters. The zero-order chi connectivity index (χ0) is 11.4.